The molecule has 3 aromatic rings. The zero-order chi connectivity index (χ0) is 28.2. The van der Waals surface area contributed by atoms with E-state index in [1.54, 1.807) is 4.90 Å². The van der Waals surface area contributed by atoms with Crippen molar-refractivity contribution in [2.24, 2.45) is 17.6 Å². The fraction of sp³-hybridized carbons (Fsp3) is 0.471. The van der Waals surface area contributed by atoms with Crippen LogP contribution < -0.4 is 16.0 Å². The molecular formula is C34H43N5O2. The maximum atomic E-state index is 14.1. The van der Waals surface area contributed by atoms with Crippen LogP contribution in [0.25, 0.3) is 10.8 Å². The van der Waals surface area contributed by atoms with Crippen LogP contribution in [0.15, 0.2) is 72.8 Å². The first-order valence-corrected chi connectivity index (χ1v) is 15.3. The molecule has 6 rings (SSSR count). The summed E-state index contributed by atoms with van der Waals surface area (Å²) in [5.41, 5.74) is 7.59. The van der Waals surface area contributed by atoms with Crippen LogP contribution in [0.4, 0.5) is 5.69 Å². The van der Waals surface area contributed by atoms with Crippen LogP contribution in [0, 0.1) is 11.8 Å². The van der Waals surface area contributed by atoms with Crippen LogP contribution in [0.2, 0.25) is 0 Å². The number of piperidine rings is 1. The minimum Gasteiger partial charge on any atom is -0.354 e. The summed E-state index contributed by atoms with van der Waals surface area (Å²) < 4.78 is 0. The molecule has 2 aliphatic heterocycles. The van der Waals surface area contributed by atoms with Gasteiger partial charge in [0.1, 0.15) is 12.1 Å². The van der Waals surface area contributed by atoms with Gasteiger partial charge in [-0.2, -0.15) is 0 Å². The van der Waals surface area contributed by atoms with Gasteiger partial charge in [-0.15, -0.1) is 0 Å². The summed E-state index contributed by atoms with van der Waals surface area (Å²) in [5.74, 6) is 1.17. The first kappa shape index (κ1) is 27.7. The van der Waals surface area contributed by atoms with Crippen molar-refractivity contribution in [2.75, 3.05) is 44.3 Å². The summed E-state index contributed by atoms with van der Waals surface area (Å²) in [5, 5.41) is 5.69. The van der Waals surface area contributed by atoms with Gasteiger partial charge >= 0.3 is 0 Å². The van der Waals surface area contributed by atoms with Crippen LogP contribution >= 0.6 is 0 Å². The number of benzene rings is 3. The van der Waals surface area contributed by atoms with Gasteiger partial charge in [0.25, 0.3) is 0 Å². The van der Waals surface area contributed by atoms with Crippen molar-refractivity contribution < 1.29 is 9.59 Å². The molecule has 1 aliphatic carbocycles. The molecule has 41 heavy (non-hydrogen) atoms. The summed E-state index contributed by atoms with van der Waals surface area (Å²) in [6.45, 7) is 4.55. The van der Waals surface area contributed by atoms with Gasteiger partial charge < -0.3 is 20.9 Å². The van der Waals surface area contributed by atoms with Crippen molar-refractivity contribution in [2.45, 2.75) is 50.6 Å². The molecule has 0 aromatic heterocycles. The molecule has 7 heteroatoms. The van der Waals surface area contributed by atoms with E-state index in [1.165, 1.54) is 16.3 Å². The number of nitrogens with zero attached hydrogens (tertiary/aromatic N) is 3. The summed E-state index contributed by atoms with van der Waals surface area (Å²) >= 11 is 0. The summed E-state index contributed by atoms with van der Waals surface area (Å²) in [6.07, 6.45) is 6.01. The van der Waals surface area contributed by atoms with Crippen molar-refractivity contribution in [3.05, 3.63) is 78.4 Å². The highest BCUT2D eigenvalue weighted by Crippen LogP contribution is 2.40. The number of nitrogens with one attached hydrogen (secondary N) is 1. The van der Waals surface area contributed by atoms with E-state index in [-0.39, 0.29) is 18.4 Å². The third kappa shape index (κ3) is 5.84. The number of likely N-dealkylation sites (tertiary alicyclic amines) is 1. The predicted octanol–water partition coefficient (Wildman–Crippen LogP) is 4.36. The molecule has 3 N–H and O–H groups in total. The molecule has 7 nitrogen and oxygen atoms in total. The summed E-state index contributed by atoms with van der Waals surface area (Å²) in [4.78, 5) is 33.6. The van der Waals surface area contributed by atoms with Crippen LogP contribution in [0.3, 0.4) is 0 Å². The van der Waals surface area contributed by atoms with Gasteiger partial charge in [0.15, 0.2) is 0 Å². The molecule has 1 saturated carbocycles. The number of fused-ring (bicyclic) bond motifs is 1. The number of anilines is 1. The molecule has 3 fully saturated rings. The average molecular weight is 554 g/mol. The minimum absolute atomic E-state index is 0.0576. The highest BCUT2D eigenvalue weighted by molar-refractivity contribution is 5.96. The first-order chi connectivity index (χ1) is 20.1. The van der Waals surface area contributed by atoms with Crippen molar-refractivity contribution >= 4 is 28.3 Å². The van der Waals surface area contributed by atoms with Gasteiger partial charge in [-0.1, -0.05) is 60.7 Å². The Morgan fingerprint density at radius 1 is 0.878 bits per heavy atom. The molecule has 2 amide bonds. The Morgan fingerprint density at radius 2 is 1.56 bits per heavy atom. The topological polar surface area (TPSA) is 81.9 Å². The molecule has 2 saturated heterocycles. The Bertz CT molecular complexity index is 1340. The fourth-order valence-electron chi connectivity index (χ4n) is 7.23. The summed E-state index contributed by atoms with van der Waals surface area (Å²) in [7, 11) is 0. The lowest BCUT2D eigenvalue weighted by Gasteiger charge is -2.43. The Labute approximate surface area is 243 Å². The van der Waals surface area contributed by atoms with Gasteiger partial charge in [-0.05, 0) is 85.4 Å². The quantitative estimate of drug-likeness (QED) is 0.433. The number of rotatable bonds is 8. The molecule has 2 heterocycles. The minimum atomic E-state index is -0.614. The number of para-hydroxylation sites is 1. The van der Waals surface area contributed by atoms with Crippen molar-refractivity contribution in [1.29, 1.82) is 0 Å². The lowest BCUT2D eigenvalue weighted by Crippen LogP contribution is -2.56. The number of carbonyl (C=O) groups is 2. The fourth-order valence-corrected chi connectivity index (χ4v) is 7.23. The third-order valence-corrected chi connectivity index (χ3v) is 9.76. The van der Waals surface area contributed by atoms with Crippen molar-refractivity contribution in [3.8, 4) is 0 Å². The van der Waals surface area contributed by atoms with Crippen LogP contribution in [0.5, 0.6) is 0 Å². The number of amides is 2. The predicted molar refractivity (Wildman–Crippen MR) is 164 cm³/mol. The van der Waals surface area contributed by atoms with Crippen molar-refractivity contribution in [1.82, 2.24) is 15.1 Å². The highest BCUT2D eigenvalue weighted by Gasteiger charge is 2.54. The number of nitrogens with two attached hydrogens (primary N) is 1. The maximum absolute atomic E-state index is 14.1. The average Bonchev–Trinajstić information content (AvgIpc) is 3.28. The van der Waals surface area contributed by atoms with Gasteiger partial charge in [-0.25, -0.2) is 0 Å². The number of hydrogen-bond donors (Lipinski definition) is 2. The standard InChI is InChI=1S/C34H43N5O2/c35-21-26-13-15-27(16-14-26)22-36-32(40)24-38-25-39(30-10-2-1-3-11-30)34(33(38)41)17-19-37(20-18-34)23-29-9-6-8-28-7-4-5-12-31(28)29/h1-12,26-27H,13-25,35H2,(H,36,40). The van der Waals surface area contributed by atoms with E-state index in [0.29, 0.717) is 25.0 Å². The number of hydrogen-bond acceptors (Lipinski definition) is 5. The van der Waals surface area contributed by atoms with E-state index in [0.717, 1.165) is 70.4 Å². The van der Waals surface area contributed by atoms with E-state index in [1.807, 2.05) is 18.2 Å². The van der Waals surface area contributed by atoms with E-state index in [4.69, 9.17) is 5.73 Å². The van der Waals surface area contributed by atoms with E-state index in [9.17, 15) is 9.59 Å². The lowest BCUT2D eigenvalue weighted by molar-refractivity contribution is -0.137. The Kier molecular flexibility index (Phi) is 8.26. The molecule has 216 valence electrons. The SMILES string of the molecule is NCC1CCC(CNC(=O)CN2CN(c3ccccc3)C3(CCN(Cc4cccc5ccccc45)CC3)C2=O)CC1. The van der Waals surface area contributed by atoms with E-state index >= 15 is 0 Å². The van der Waals surface area contributed by atoms with Gasteiger partial charge in [0, 0.05) is 31.9 Å². The van der Waals surface area contributed by atoms with Crippen LogP contribution in [-0.2, 0) is 16.1 Å². The molecule has 3 aromatic carbocycles. The number of carbonyl (C=O) groups excluding carboxylic acids is 2. The van der Waals surface area contributed by atoms with Gasteiger partial charge in [0.2, 0.25) is 11.8 Å². The Balaban J connectivity index is 1.12. The van der Waals surface area contributed by atoms with E-state index < -0.39 is 5.54 Å². The molecule has 0 bridgehead atoms. The zero-order valence-corrected chi connectivity index (χ0v) is 24.0. The van der Waals surface area contributed by atoms with Gasteiger partial charge in [-0.3, -0.25) is 14.5 Å². The smallest absolute Gasteiger partial charge is 0.250 e. The monoisotopic (exact) mass is 553 g/mol. The highest BCUT2D eigenvalue weighted by atomic mass is 16.2. The third-order valence-electron chi connectivity index (χ3n) is 9.76. The Morgan fingerprint density at radius 3 is 2.32 bits per heavy atom. The van der Waals surface area contributed by atoms with Crippen molar-refractivity contribution in [3.63, 3.8) is 0 Å². The first-order valence-electron chi connectivity index (χ1n) is 15.3. The lowest BCUT2D eigenvalue weighted by atomic mass is 9.82. The van der Waals surface area contributed by atoms with Crippen LogP contribution in [-0.4, -0.2) is 66.5 Å². The maximum Gasteiger partial charge on any atom is 0.250 e. The zero-order valence-electron chi connectivity index (χ0n) is 24.0. The Hall–Kier alpha value is -3.42. The molecule has 0 atom stereocenters. The van der Waals surface area contributed by atoms with Gasteiger partial charge in [0.05, 0.1) is 6.67 Å². The second kappa shape index (κ2) is 12.2. The summed E-state index contributed by atoms with van der Waals surface area (Å²) in [6, 6.07) is 25.3. The largest absolute Gasteiger partial charge is 0.354 e. The normalized spacial score (nSPS) is 22.9. The van der Waals surface area contributed by atoms with E-state index in [2.05, 4.69) is 69.7 Å². The second-order valence-electron chi connectivity index (χ2n) is 12.3. The molecule has 0 radical (unpaired) electrons. The molecule has 0 unspecified atom stereocenters. The molecular weight excluding hydrogens is 510 g/mol. The molecule has 3 aliphatic rings. The molecule has 1 spiro atoms. The second-order valence-corrected chi connectivity index (χ2v) is 12.3. The van der Waals surface area contributed by atoms with Crippen LogP contribution in [0.1, 0.15) is 44.1 Å².